The molecule has 0 aromatic carbocycles. The lowest BCUT2D eigenvalue weighted by Gasteiger charge is -2.11. The molecule has 1 amide bonds. The van der Waals surface area contributed by atoms with Gasteiger partial charge in [0.1, 0.15) is 11.6 Å². The molecule has 0 fully saturated rings. The number of nitrogens with one attached hydrogen (secondary N) is 2. The van der Waals surface area contributed by atoms with Gasteiger partial charge in [-0.3, -0.25) is 4.79 Å². The number of carbonyl (C=O) groups is 1. The van der Waals surface area contributed by atoms with Gasteiger partial charge in [-0.1, -0.05) is 0 Å². The Morgan fingerprint density at radius 2 is 2.20 bits per heavy atom. The average molecular weight is 273 g/mol. The van der Waals surface area contributed by atoms with E-state index in [0.29, 0.717) is 12.1 Å². The highest BCUT2D eigenvalue weighted by atomic mass is 16.1. The van der Waals surface area contributed by atoms with Crippen LogP contribution in [0.1, 0.15) is 22.6 Å². The fourth-order valence-corrected chi connectivity index (χ4v) is 1.78. The van der Waals surface area contributed by atoms with E-state index in [9.17, 15) is 4.79 Å². The molecule has 0 aliphatic carbocycles. The standard InChI is InChI=1S/C14H19N5O/c1-19(2)13-6-5-11(10-18-13)14(20)17-7-3-4-12-15-8-9-16-12/h5-6,8-10H,3-4,7H2,1-2H3,(H,15,16)(H,17,20). The van der Waals surface area contributed by atoms with Crippen LogP contribution in [0.15, 0.2) is 30.7 Å². The second-order valence-electron chi connectivity index (χ2n) is 4.69. The summed E-state index contributed by atoms with van der Waals surface area (Å²) < 4.78 is 0. The maximum Gasteiger partial charge on any atom is 0.252 e. The summed E-state index contributed by atoms with van der Waals surface area (Å²) in [6.07, 6.45) is 6.79. The molecule has 0 aliphatic rings. The van der Waals surface area contributed by atoms with E-state index in [1.807, 2.05) is 25.1 Å². The molecule has 6 heteroatoms. The van der Waals surface area contributed by atoms with E-state index in [-0.39, 0.29) is 5.91 Å². The van der Waals surface area contributed by atoms with E-state index in [1.165, 1.54) is 0 Å². The summed E-state index contributed by atoms with van der Waals surface area (Å²) in [7, 11) is 3.83. The van der Waals surface area contributed by atoms with Crippen molar-refractivity contribution in [3.63, 3.8) is 0 Å². The Morgan fingerprint density at radius 3 is 2.80 bits per heavy atom. The molecule has 2 heterocycles. The third-order valence-electron chi connectivity index (χ3n) is 2.90. The minimum atomic E-state index is -0.0951. The number of aromatic amines is 1. The highest BCUT2D eigenvalue weighted by Gasteiger charge is 2.06. The van der Waals surface area contributed by atoms with Crippen LogP contribution in [0.4, 0.5) is 5.82 Å². The fraction of sp³-hybridized carbons (Fsp3) is 0.357. The van der Waals surface area contributed by atoms with Crippen molar-refractivity contribution in [3.05, 3.63) is 42.1 Å². The zero-order valence-corrected chi connectivity index (χ0v) is 11.8. The van der Waals surface area contributed by atoms with Crippen molar-refractivity contribution in [3.8, 4) is 0 Å². The zero-order chi connectivity index (χ0) is 14.4. The summed E-state index contributed by atoms with van der Waals surface area (Å²) in [5.74, 6) is 1.68. The van der Waals surface area contributed by atoms with Crippen LogP contribution in [-0.4, -0.2) is 41.5 Å². The van der Waals surface area contributed by atoms with Crippen molar-refractivity contribution in [1.82, 2.24) is 20.3 Å². The second kappa shape index (κ2) is 6.70. The van der Waals surface area contributed by atoms with Crippen LogP contribution in [0.5, 0.6) is 0 Å². The predicted molar refractivity (Wildman–Crippen MR) is 77.8 cm³/mol. The number of anilines is 1. The molecular weight excluding hydrogens is 254 g/mol. The van der Waals surface area contributed by atoms with Gasteiger partial charge in [-0.05, 0) is 18.6 Å². The number of nitrogens with zero attached hydrogens (tertiary/aromatic N) is 3. The number of hydrogen-bond donors (Lipinski definition) is 2. The summed E-state index contributed by atoms with van der Waals surface area (Å²) in [6.45, 7) is 0.620. The van der Waals surface area contributed by atoms with Crippen molar-refractivity contribution in [2.75, 3.05) is 25.5 Å². The van der Waals surface area contributed by atoms with Crippen molar-refractivity contribution >= 4 is 11.7 Å². The molecule has 2 aromatic rings. The van der Waals surface area contributed by atoms with Crippen molar-refractivity contribution < 1.29 is 4.79 Å². The first-order valence-corrected chi connectivity index (χ1v) is 6.56. The lowest BCUT2D eigenvalue weighted by molar-refractivity contribution is 0.0953. The number of carbonyl (C=O) groups excluding carboxylic acids is 1. The molecule has 106 valence electrons. The van der Waals surface area contributed by atoms with Crippen LogP contribution in [0, 0.1) is 0 Å². The molecule has 0 aliphatic heterocycles. The summed E-state index contributed by atoms with van der Waals surface area (Å²) in [4.78, 5) is 25.2. The SMILES string of the molecule is CN(C)c1ccc(C(=O)NCCCc2ncc[nH]2)cn1. The van der Waals surface area contributed by atoms with Gasteiger partial charge in [0.15, 0.2) is 0 Å². The molecule has 0 unspecified atom stereocenters. The lowest BCUT2D eigenvalue weighted by atomic mass is 10.2. The van der Waals surface area contributed by atoms with Gasteiger partial charge >= 0.3 is 0 Å². The first-order valence-electron chi connectivity index (χ1n) is 6.56. The van der Waals surface area contributed by atoms with E-state index in [1.54, 1.807) is 24.7 Å². The van der Waals surface area contributed by atoms with Crippen molar-refractivity contribution in [2.24, 2.45) is 0 Å². The van der Waals surface area contributed by atoms with Gasteiger partial charge in [-0.2, -0.15) is 0 Å². The molecular formula is C14H19N5O. The molecule has 20 heavy (non-hydrogen) atoms. The molecule has 0 atom stereocenters. The lowest BCUT2D eigenvalue weighted by Crippen LogP contribution is -2.25. The fourth-order valence-electron chi connectivity index (χ4n) is 1.78. The third kappa shape index (κ3) is 3.81. The highest BCUT2D eigenvalue weighted by molar-refractivity contribution is 5.94. The Bertz CT molecular complexity index is 533. The number of hydrogen-bond acceptors (Lipinski definition) is 4. The van der Waals surface area contributed by atoms with E-state index in [0.717, 1.165) is 24.5 Å². The second-order valence-corrected chi connectivity index (χ2v) is 4.69. The van der Waals surface area contributed by atoms with Gasteiger partial charge in [-0.25, -0.2) is 9.97 Å². The molecule has 0 saturated carbocycles. The first kappa shape index (κ1) is 14.0. The van der Waals surface area contributed by atoms with E-state index in [2.05, 4.69) is 20.3 Å². The van der Waals surface area contributed by atoms with Crippen molar-refractivity contribution in [2.45, 2.75) is 12.8 Å². The number of aryl methyl sites for hydroxylation is 1. The van der Waals surface area contributed by atoms with Crippen LogP contribution < -0.4 is 10.2 Å². The maximum atomic E-state index is 11.9. The normalized spacial score (nSPS) is 10.3. The average Bonchev–Trinajstić information content (AvgIpc) is 2.96. The number of rotatable bonds is 6. The van der Waals surface area contributed by atoms with E-state index < -0.39 is 0 Å². The molecule has 0 saturated heterocycles. The van der Waals surface area contributed by atoms with Gasteiger partial charge in [0.2, 0.25) is 0 Å². The molecule has 0 radical (unpaired) electrons. The summed E-state index contributed by atoms with van der Waals surface area (Å²) in [5, 5.41) is 2.88. The number of imidazole rings is 1. The predicted octanol–water partition coefficient (Wildman–Crippen LogP) is 1.23. The van der Waals surface area contributed by atoms with E-state index in [4.69, 9.17) is 0 Å². The van der Waals surface area contributed by atoms with Crippen LogP contribution >= 0.6 is 0 Å². The maximum absolute atomic E-state index is 11.9. The number of aromatic nitrogens is 3. The van der Waals surface area contributed by atoms with Crippen LogP contribution in [0.2, 0.25) is 0 Å². The van der Waals surface area contributed by atoms with Crippen molar-refractivity contribution in [1.29, 1.82) is 0 Å². The summed E-state index contributed by atoms with van der Waals surface area (Å²) in [6, 6.07) is 3.61. The Morgan fingerprint density at radius 1 is 1.35 bits per heavy atom. The monoisotopic (exact) mass is 273 g/mol. The molecule has 0 spiro atoms. The van der Waals surface area contributed by atoms with Crippen LogP contribution in [0.3, 0.4) is 0 Å². The molecule has 2 N–H and O–H groups in total. The summed E-state index contributed by atoms with van der Waals surface area (Å²) >= 11 is 0. The Labute approximate surface area is 118 Å². The zero-order valence-electron chi connectivity index (χ0n) is 11.8. The largest absolute Gasteiger partial charge is 0.363 e. The first-order chi connectivity index (χ1) is 9.66. The molecule has 2 rings (SSSR count). The smallest absolute Gasteiger partial charge is 0.252 e. The minimum absolute atomic E-state index is 0.0951. The number of H-pyrrole nitrogens is 1. The van der Waals surface area contributed by atoms with Gasteiger partial charge in [0, 0.05) is 45.7 Å². The van der Waals surface area contributed by atoms with Crippen LogP contribution in [-0.2, 0) is 6.42 Å². The number of pyridine rings is 1. The Balaban J connectivity index is 1.76. The Hall–Kier alpha value is -2.37. The van der Waals surface area contributed by atoms with Gasteiger partial charge in [0.25, 0.3) is 5.91 Å². The minimum Gasteiger partial charge on any atom is -0.363 e. The quantitative estimate of drug-likeness (QED) is 0.776. The van der Waals surface area contributed by atoms with Gasteiger partial charge < -0.3 is 15.2 Å². The van der Waals surface area contributed by atoms with Gasteiger partial charge in [-0.15, -0.1) is 0 Å². The highest BCUT2D eigenvalue weighted by Crippen LogP contribution is 2.07. The van der Waals surface area contributed by atoms with Crippen LogP contribution in [0.25, 0.3) is 0 Å². The molecule has 0 bridgehead atoms. The summed E-state index contributed by atoms with van der Waals surface area (Å²) in [5.41, 5.74) is 0.577. The third-order valence-corrected chi connectivity index (χ3v) is 2.90. The molecule has 2 aromatic heterocycles. The topological polar surface area (TPSA) is 73.9 Å². The van der Waals surface area contributed by atoms with E-state index >= 15 is 0 Å². The number of amides is 1. The van der Waals surface area contributed by atoms with Gasteiger partial charge in [0.05, 0.1) is 5.56 Å². The Kier molecular flexibility index (Phi) is 4.70. The molecule has 6 nitrogen and oxygen atoms in total.